The van der Waals surface area contributed by atoms with Crippen molar-refractivity contribution < 1.29 is 18.7 Å². The topological polar surface area (TPSA) is 58.6 Å². The zero-order valence-corrected chi connectivity index (χ0v) is 13.2. The van der Waals surface area contributed by atoms with Gasteiger partial charge in [-0.2, -0.15) is 0 Å². The number of nitrogens with one attached hydrogen (secondary N) is 1. The van der Waals surface area contributed by atoms with Crippen LogP contribution in [0.2, 0.25) is 0 Å². The highest BCUT2D eigenvalue weighted by Gasteiger charge is 2.26. The number of carbonyl (C=O) groups excluding carboxylic acids is 2. The molecule has 0 bridgehead atoms. The second-order valence-electron chi connectivity index (χ2n) is 5.63. The molecule has 24 heavy (non-hydrogen) atoms. The Bertz CT molecular complexity index is 774. The Balaban J connectivity index is 1.74. The summed E-state index contributed by atoms with van der Waals surface area (Å²) in [7, 11) is 0. The summed E-state index contributed by atoms with van der Waals surface area (Å²) in [5, 5.41) is 3.22. The fourth-order valence-electron chi connectivity index (χ4n) is 2.52. The van der Waals surface area contributed by atoms with E-state index in [-0.39, 0.29) is 30.7 Å². The number of fused-ring (bicyclic) bond motifs is 1. The molecule has 0 radical (unpaired) electrons. The summed E-state index contributed by atoms with van der Waals surface area (Å²) < 4.78 is 18.4. The van der Waals surface area contributed by atoms with Crippen LogP contribution in [0.15, 0.2) is 42.5 Å². The van der Waals surface area contributed by atoms with Crippen LogP contribution in [0.1, 0.15) is 12.5 Å². The van der Waals surface area contributed by atoms with E-state index in [1.807, 2.05) is 6.07 Å². The van der Waals surface area contributed by atoms with Crippen molar-refractivity contribution in [1.29, 1.82) is 0 Å². The molecule has 0 unspecified atom stereocenters. The zero-order valence-electron chi connectivity index (χ0n) is 13.2. The van der Waals surface area contributed by atoms with Crippen molar-refractivity contribution >= 4 is 23.1 Å². The van der Waals surface area contributed by atoms with E-state index in [0.717, 1.165) is 11.3 Å². The molecule has 0 fully saturated rings. The van der Waals surface area contributed by atoms with E-state index in [1.54, 1.807) is 24.3 Å². The molecule has 0 aliphatic carbocycles. The van der Waals surface area contributed by atoms with Crippen LogP contribution in [0.5, 0.6) is 5.75 Å². The largest absolute Gasteiger partial charge is 0.481 e. The summed E-state index contributed by atoms with van der Waals surface area (Å²) in [6.07, 6.45) is 0. The summed E-state index contributed by atoms with van der Waals surface area (Å²) in [5.74, 6) is -0.0319. The van der Waals surface area contributed by atoms with E-state index < -0.39 is 0 Å². The van der Waals surface area contributed by atoms with Crippen molar-refractivity contribution in [2.75, 3.05) is 23.4 Å². The van der Waals surface area contributed by atoms with Crippen LogP contribution < -0.4 is 15.0 Å². The predicted molar refractivity (Wildman–Crippen MR) is 88.7 cm³/mol. The van der Waals surface area contributed by atoms with Gasteiger partial charge in [-0.3, -0.25) is 14.5 Å². The molecule has 0 atom stereocenters. The second kappa shape index (κ2) is 6.70. The average Bonchev–Trinajstić information content (AvgIpc) is 2.56. The van der Waals surface area contributed by atoms with Crippen LogP contribution in [0.4, 0.5) is 15.8 Å². The third-order valence-electron chi connectivity index (χ3n) is 3.69. The van der Waals surface area contributed by atoms with Gasteiger partial charge in [0.2, 0.25) is 0 Å². The Labute approximate surface area is 139 Å². The van der Waals surface area contributed by atoms with Crippen LogP contribution >= 0.6 is 0 Å². The van der Waals surface area contributed by atoms with Gasteiger partial charge in [-0.05, 0) is 36.8 Å². The second-order valence-corrected chi connectivity index (χ2v) is 5.63. The lowest BCUT2D eigenvalue weighted by atomic mass is 10.2. The smallest absolute Gasteiger partial charge is 0.265 e. The SMILES string of the molecule is CC(=O)CN1C(=O)COc2cc(NCc3ccc(F)cc3)ccc21. The van der Waals surface area contributed by atoms with Gasteiger partial charge < -0.3 is 10.1 Å². The highest BCUT2D eigenvalue weighted by atomic mass is 19.1. The number of ether oxygens (including phenoxy) is 1. The highest BCUT2D eigenvalue weighted by molar-refractivity contribution is 6.02. The van der Waals surface area contributed by atoms with Gasteiger partial charge in [-0.25, -0.2) is 4.39 Å². The minimum absolute atomic E-state index is 0.0392. The fraction of sp³-hybridized carbons (Fsp3) is 0.222. The first kappa shape index (κ1) is 16.0. The third-order valence-corrected chi connectivity index (χ3v) is 3.69. The number of halogens is 1. The molecular formula is C18H17FN2O3. The maximum absolute atomic E-state index is 12.9. The molecule has 1 aliphatic heterocycles. The normalized spacial score (nSPS) is 13.2. The van der Waals surface area contributed by atoms with Crippen LogP contribution in [-0.2, 0) is 16.1 Å². The van der Waals surface area contributed by atoms with Crippen LogP contribution in [0, 0.1) is 5.82 Å². The van der Waals surface area contributed by atoms with Gasteiger partial charge in [0.15, 0.2) is 6.61 Å². The van der Waals surface area contributed by atoms with E-state index >= 15 is 0 Å². The van der Waals surface area contributed by atoms with E-state index in [9.17, 15) is 14.0 Å². The summed E-state index contributed by atoms with van der Waals surface area (Å²) in [6, 6.07) is 11.6. The average molecular weight is 328 g/mol. The Morgan fingerprint density at radius 3 is 2.71 bits per heavy atom. The fourth-order valence-corrected chi connectivity index (χ4v) is 2.52. The molecule has 2 aromatic carbocycles. The molecule has 0 aromatic heterocycles. The number of hydrogen-bond acceptors (Lipinski definition) is 4. The molecule has 6 heteroatoms. The minimum Gasteiger partial charge on any atom is -0.481 e. The van der Waals surface area contributed by atoms with E-state index in [4.69, 9.17) is 4.74 Å². The molecule has 0 saturated carbocycles. The molecule has 1 amide bonds. The number of Topliss-reactive ketones (excluding diaryl/α,β-unsaturated/α-hetero) is 1. The van der Waals surface area contributed by atoms with Crippen molar-refractivity contribution in [2.45, 2.75) is 13.5 Å². The molecule has 0 saturated heterocycles. The van der Waals surface area contributed by atoms with Crippen molar-refractivity contribution in [3.8, 4) is 5.75 Å². The van der Waals surface area contributed by atoms with Crippen LogP contribution in [-0.4, -0.2) is 24.8 Å². The monoisotopic (exact) mass is 328 g/mol. The van der Waals surface area contributed by atoms with Crippen LogP contribution in [0.25, 0.3) is 0 Å². The summed E-state index contributed by atoms with van der Waals surface area (Å²) in [6.45, 7) is 1.94. The first-order valence-corrected chi connectivity index (χ1v) is 7.58. The Hall–Kier alpha value is -2.89. The van der Waals surface area contributed by atoms with E-state index in [1.165, 1.54) is 24.0 Å². The number of anilines is 2. The lowest BCUT2D eigenvalue weighted by Crippen LogP contribution is -2.41. The van der Waals surface area contributed by atoms with E-state index in [0.29, 0.717) is 18.0 Å². The lowest BCUT2D eigenvalue weighted by molar-refractivity contribution is -0.123. The number of benzene rings is 2. The number of carbonyl (C=O) groups is 2. The van der Waals surface area contributed by atoms with Crippen LogP contribution in [0.3, 0.4) is 0 Å². The number of amides is 1. The molecule has 1 N–H and O–H groups in total. The molecular weight excluding hydrogens is 311 g/mol. The highest BCUT2D eigenvalue weighted by Crippen LogP contribution is 2.34. The number of rotatable bonds is 5. The van der Waals surface area contributed by atoms with Gasteiger partial charge >= 0.3 is 0 Å². The molecule has 124 valence electrons. The summed E-state index contributed by atoms with van der Waals surface area (Å²) in [5.41, 5.74) is 2.35. The van der Waals surface area contributed by atoms with Crippen molar-refractivity contribution in [3.63, 3.8) is 0 Å². The number of nitrogens with zero attached hydrogens (tertiary/aromatic N) is 1. The Kier molecular flexibility index (Phi) is 4.46. The molecule has 1 heterocycles. The van der Waals surface area contributed by atoms with Gasteiger partial charge in [-0.15, -0.1) is 0 Å². The van der Waals surface area contributed by atoms with Gasteiger partial charge in [0, 0.05) is 18.3 Å². The predicted octanol–water partition coefficient (Wildman–Crippen LogP) is 2.75. The molecule has 0 spiro atoms. The number of hydrogen-bond donors (Lipinski definition) is 1. The quantitative estimate of drug-likeness (QED) is 0.917. The first-order chi connectivity index (χ1) is 11.5. The zero-order chi connectivity index (χ0) is 17.1. The van der Waals surface area contributed by atoms with Crippen molar-refractivity contribution in [1.82, 2.24) is 0 Å². The maximum atomic E-state index is 12.9. The minimum atomic E-state index is -0.267. The molecule has 5 nitrogen and oxygen atoms in total. The third kappa shape index (κ3) is 3.53. The van der Waals surface area contributed by atoms with Crippen molar-refractivity contribution in [2.24, 2.45) is 0 Å². The van der Waals surface area contributed by atoms with Gasteiger partial charge in [0.05, 0.1) is 12.2 Å². The van der Waals surface area contributed by atoms with Gasteiger partial charge in [0.25, 0.3) is 5.91 Å². The lowest BCUT2D eigenvalue weighted by Gasteiger charge is -2.29. The first-order valence-electron chi connectivity index (χ1n) is 7.58. The number of ketones is 1. The maximum Gasteiger partial charge on any atom is 0.265 e. The van der Waals surface area contributed by atoms with Crippen molar-refractivity contribution in [3.05, 3.63) is 53.8 Å². The Morgan fingerprint density at radius 1 is 1.25 bits per heavy atom. The van der Waals surface area contributed by atoms with Gasteiger partial charge in [-0.1, -0.05) is 12.1 Å². The standard InChI is InChI=1S/C18H17FN2O3/c1-12(22)10-21-16-7-6-15(8-17(16)24-11-18(21)23)20-9-13-2-4-14(19)5-3-13/h2-8,20H,9-11H2,1H3. The van der Waals surface area contributed by atoms with E-state index in [2.05, 4.69) is 5.32 Å². The Morgan fingerprint density at radius 2 is 2.00 bits per heavy atom. The summed E-state index contributed by atoms with van der Waals surface area (Å²) in [4.78, 5) is 24.7. The molecule has 2 aromatic rings. The summed E-state index contributed by atoms with van der Waals surface area (Å²) >= 11 is 0. The molecule has 3 rings (SSSR count). The molecule has 1 aliphatic rings. The van der Waals surface area contributed by atoms with Gasteiger partial charge in [0.1, 0.15) is 17.3 Å².